The van der Waals surface area contributed by atoms with Crippen molar-refractivity contribution in [2.24, 2.45) is 7.05 Å². The molecule has 1 aliphatic heterocycles. The van der Waals surface area contributed by atoms with Crippen LogP contribution in [-0.2, 0) is 21.9 Å². The number of nitrogens with zero attached hydrogens (tertiary/aromatic N) is 3. The van der Waals surface area contributed by atoms with Crippen molar-refractivity contribution in [3.05, 3.63) is 12.5 Å². The third-order valence-corrected chi connectivity index (χ3v) is 3.75. The van der Waals surface area contributed by atoms with Crippen molar-refractivity contribution >= 4 is 10.0 Å². The maximum absolute atomic E-state index is 11.9. The molecule has 0 radical (unpaired) electrons. The number of hydrogen-bond donors (Lipinski definition) is 0. The van der Waals surface area contributed by atoms with Gasteiger partial charge >= 0.3 is 0 Å². The lowest BCUT2D eigenvalue weighted by Gasteiger charge is -2.24. The summed E-state index contributed by atoms with van der Waals surface area (Å²) in [4.78, 5) is 8.92. The van der Waals surface area contributed by atoms with Gasteiger partial charge in [-0.05, 0) is 12.8 Å². The van der Waals surface area contributed by atoms with Gasteiger partial charge in [0.25, 0.3) is 10.0 Å². The molecule has 0 N–H and O–H groups in total. The Labute approximate surface area is 88.5 Å². The molecule has 2 heterocycles. The zero-order valence-electron chi connectivity index (χ0n) is 8.46. The summed E-state index contributed by atoms with van der Waals surface area (Å²) in [6, 6.07) is 0. The van der Waals surface area contributed by atoms with Gasteiger partial charge in [-0.25, -0.2) is 13.4 Å². The predicted octanol–water partition coefficient (Wildman–Crippen LogP) is 0.136. The highest BCUT2D eigenvalue weighted by Gasteiger charge is 2.29. The Morgan fingerprint density at radius 1 is 1.47 bits per heavy atom. The summed E-state index contributed by atoms with van der Waals surface area (Å²) in [7, 11) is -1.84. The number of aromatic nitrogens is 2. The van der Waals surface area contributed by atoms with E-state index in [9.17, 15) is 8.42 Å². The molecular weight excluding hydrogens is 218 g/mol. The molecule has 0 bridgehead atoms. The quantitative estimate of drug-likeness (QED) is 0.726. The average molecular weight is 231 g/mol. The molecule has 0 spiro atoms. The van der Waals surface area contributed by atoms with Gasteiger partial charge in [0.05, 0.1) is 12.9 Å². The fourth-order valence-corrected chi connectivity index (χ4v) is 2.66. The zero-order chi connectivity index (χ0) is 10.9. The number of hydroxylamine groups is 1. The first kappa shape index (κ1) is 10.6. The first-order valence-corrected chi connectivity index (χ1v) is 6.18. The highest BCUT2D eigenvalue weighted by molar-refractivity contribution is 7.88. The summed E-state index contributed by atoms with van der Waals surface area (Å²) in [5.74, 6) is 0. The lowest BCUT2D eigenvalue weighted by molar-refractivity contribution is -0.109. The van der Waals surface area contributed by atoms with Crippen LogP contribution in [-0.4, -0.2) is 35.6 Å². The van der Waals surface area contributed by atoms with E-state index in [0.29, 0.717) is 13.2 Å². The molecule has 1 saturated heterocycles. The third-order valence-electron chi connectivity index (χ3n) is 2.18. The topological polar surface area (TPSA) is 64.4 Å². The first-order valence-electron chi connectivity index (χ1n) is 4.74. The van der Waals surface area contributed by atoms with Crippen molar-refractivity contribution in [1.29, 1.82) is 0 Å². The number of imidazole rings is 1. The number of sulfonamides is 1. The summed E-state index contributed by atoms with van der Waals surface area (Å²) in [5.41, 5.74) is 0. The van der Waals surface area contributed by atoms with Crippen LogP contribution >= 0.6 is 0 Å². The lowest BCUT2D eigenvalue weighted by Crippen LogP contribution is -2.35. The van der Waals surface area contributed by atoms with Gasteiger partial charge in [-0.3, -0.25) is 4.84 Å². The summed E-state index contributed by atoms with van der Waals surface area (Å²) >= 11 is 0. The van der Waals surface area contributed by atoms with Gasteiger partial charge in [-0.15, -0.1) is 0 Å². The minimum absolute atomic E-state index is 0.0342. The summed E-state index contributed by atoms with van der Waals surface area (Å²) in [6.45, 7) is 0.852. The van der Waals surface area contributed by atoms with Crippen LogP contribution in [0.15, 0.2) is 17.6 Å². The second-order valence-electron chi connectivity index (χ2n) is 3.45. The van der Waals surface area contributed by atoms with Crippen LogP contribution in [0.25, 0.3) is 0 Å². The maximum Gasteiger partial charge on any atom is 0.283 e. The van der Waals surface area contributed by atoms with E-state index in [-0.39, 0.29) is 5.03 Å². The van der Waals surface area contributed by atoms with Gasteiger partial charge in [0.1, 0.15) is 0 Å². The summed E-state index contributed by atoms with van der Waals surface area (Å²) in [6.07, 6.45) is 4.64. The Bertz CT molecular complexity index is 434. The molecule has 84 valence electrons. The van der Waals surface area contributed by atoms with Crippen molar-refractivity contribution in [1.82, 2.24) is 14.0 Å². The molecular formula is C8H13N3O3S. The van der Waals surface area contributed by atoms with Crippen molar-refractivity contribution in [3.8, 4) is 0 Å². The minimum atomic E-state index is -3.56. The molecule has 0 saturated carbocycles. The maximum atomic E-state index is 11.9. The number of rotatable bonds is 2. The van der Waals surface area contributed by atoms with Crippen molar-refractivity contribution in [2.75, 3.05) is 13.2 Å². The van der Waals surface area contributed by atoms with Gasteiger partial charge < -0.3 is 4.57 Å². The largest absolute Gasteiger partial charge is 0.339 e. The van der Waals surface area contributed by atoms with Gasteiger partial charge in [0, 0.05) is 19.8 Å². The predicted molar refractivity (Wildman–Crippen MR) is 52.3 cm³/mol. The molecule has 0 aliphatic carbocycles. The number of hydrogen-bond acceptors (Lipinski definition) is 4. The molecule has 1 fully saturated rings. The van der Waals surface area contributed by atoms with Crippen LogP contribution in [0, 0.1) is 0 Å². The molecule has 1 aromatic heterocycles. The SMILES string of the molecule is Cn1cnc(S(=O)(=O)N2CCCCO2)c1. The Morgan fingerprint density at radius 2 is 2.27 bits per heavy atom. The van der Waals surface area contributed by atoms with E-state index < -0.39 is 10.0 Å². The van der Waals surface area contributed by atoms with Gasteiger partial charge in [-0.2, -0.15) is 0 Å². The van der Waals surface area contributed by atoms with Crippen LogP contribution in [0.1, 0.15) is 12.8 Å². The van der Waals surface area contributed by atoms with E-state index in [2.05, 4.69) is 4.98 Å². The molecule has 0 unspecified atom stereocenters. The van der Waals surface area contributed by atoms with Crippen LogP contribution in [0.4, 0.5) is 0 Å². The molecule has 2 rings (SSSR count). The molecule has 0 atom stereocenters. The van der Waals surface area contributed by atoms with E-state index in [0.717, 1.165) is 17.3 Å². The molecule has 7 heteroatoms. The Balaban J connectivity index is 2.26. The van der Waals surface area contributed by atoms with Crippen molar-refractivity contribution in [2.45, 2.75) is 17.9 Å². The van der Waals surface area contributed by atoms with E-state index >= 15 is 0 Å². The smallest absolute Gasteiger partial charge is 0.283 e. The molecule has 15 heavy (non-hydrogen) atoms. The zero-order valence-corrected chi connectivity index (χ0v) is 9.27. The Kier molecular flexibility index (Phi) is 2.76. The third kappa shape index (κ3) is 2.04. The lowest BCUT2D eigenvalue weighted by atomic mass is 10.3. The average Bonchev–Trinajstić information content (AvgIpc) is 2.67. The van der Waals surface area contributed by atoms with Crippen molar-refractivity contribution in [3.63, 3.8) is 0 Å². The van der Waals surface area contributed by atoms with E-state index in [4.69, 9.17) is 4.84 Å². The fraction of sp³-hybridized carbons (Fsp3) is 0.625. The summed E-state index contributed by atoms with van der Waals surface area (Å²) < 4.78 is 26.5. The minimum Gasteiger partial charge on any atom is -0.339 e. The van der Waals surface area contributed by atoms with E-state index in [1.165, 1.54) is 12.5 Å². The highest BCUT2D eigenvalue weighted by Crippen LogP contribution is 2.17. The Hall–Kier alpha value is -0.920. The van der Waals surface area contributed by atoms with E-state index in [1.807, 2.05) is 0 Å². The highest BCUT2D eigenvalue weighted by atomic mass is 32.2. The van der Waals surface area contributed by atoms with Crippen LogP contribution < -0.4 is 0 Å². The molecule has 0 aromatic carbocycles. The van der Waals surface area contributed by atoms with Gasteiger partial charge in [0.2, 0.25) is 0 Å². The van der Waals surface area contributed by atoms with E-state index in [1.54, 1.807) is 11.6 Å². The monoisotopic (exact) mass is 231 g/mol. The molecule has 0 amide bonds. The van der Waals surface area contributed by atoms with Crippen LogP contribution in [0.2, 0.25) is 0 Å². The first-order chi connectivity index (χ1) is 7.10. The second-order valence-corrected chi connectivity index (χ2v) is 5.22. The second kappa shape index (κ2) is 3.92. The molecule has 1 aliphatic rings. The summed E-state index contributed by atoms with van der Waals surface area (Å²) in [5, 5.41) is 0.0342. The van der Waals surface area contributed by atoms with Crippen LogP contribution in [0.3, 0.4) is 0 Å². The normalized spacial score (nSPS) is 19.3. The standard InChI is InChI=1S/C8H13N3O3S/c1-10-6-8(9-7-10)15(12,13)11-4-2-3-5-14-11/h6-7H,2-5H2,1H3. The van der Waals surface area contributed by atoms with Gasteiger partial charge in [-0.1, -0.05) is 4.47 Å². The Morgan fingerprint density at radius 3 is 2.80 bits per heavy atom. The van der Waals surface area contributed by atoms with Gasteiger partial charge in [0.15, 0.2) is 5.03 Å². The molecule has 6 nitrogen and oxygen atoms in total. The number of aryl methyl sites for hydroxylation is 1. The fourth-order valence-electron chi connectivity index (χ4n) is 1.39. The van der Waals surface area contributed by atoms with Crippen LogP contribution in [0.5, 0.6) is 0 Å². The molecule has 1 aromatic rings. The van der Waals surface area contributed by atoms with Crippen molar-refractivity contribution < 1.29 is 13.3 Å².